The topological polar surface area (TPSA) is 43.1 Å². The molecule has 0 amide bonds. The van der Waals surface area contributed by atoms with Crippen LogP contribution in [0.3, 0.4) is 0 Å². The second-order valence-electron chi connectivity index (χ2n) is 3.19. The second-order valence-corrected chi connectivity index (χ2v) is 3.54. The van der Waals surface area contributed by atoms with E-state index in [1.54, 1.807) is 0 Å². The summed E-state index contributed by atoms with van der Waals surface area (Å²) in [5.41, 5.74) is 6.36. The van der Waals surface area contributed by atoms with Crippen molar-refractivity contribution in [2.24, 2.45) is 0 Å². The zero-order chi connectivity index (χ0) is 12.7. The van der Waals surface area contributed by atoms with Gasteiger partial charge in [0, 0.05) is 11.3 Å². The van der Waals surface area contributed by atoms with Gasteiger partial charge in [0.1, 0.15) is 5.82 Å². The van der Waals surface area contributed by atoms with Crippen molar-refractivity contribution in [2.75, 3.05) is 5.73 Å². The van der Waals surface area contributed by atoms with E-state index < -0.39 is 11.1 Å². The summed E-state index contributed by atoms with van der Waals surface area (Å²) in [5, 5.41) is -0.639. The average Bonchev–Trinajstić information content (AvgIpc) is 2.31. The third-order valence-corrected chi connectivity index (χ3v) is 2.07. The summed E-state index contributed by atoms with van der Waals surface area (Å²) in [7, 11) is 0. The van der Waals surface area contributed by atoms with Crippen LogP contribution in [0.2, 0.25) is 0 Å². The van der Waals surface area contributed by atoms with Crippen LogP contribution in [-0.2, 0) is 0 Å². The Bertz CT molecular complexity index is 488. The predicted octanol–water partition coefficient (Wildman–Crippen LogP) is 3.47. The van der Waals surface area contributed by atoms with Crippen LogP contribution in [0.1, 0.15) is 10.4 Å². The largest absolute Gasteiger partial charge is 0.399 e. The Morgan fingerprint density at radius 1 is 1.06 bits per heavy atom. The van der Waals surface area contributed by atoms with Gasteiger partial charge >= 0.3 is 0 Å². The normalized spacial score (nSPS) is 9.06. The molecule has 0 heterocycles. The SMILES string of the molecule is Nc1ccccc1.O=C(Cl)c1cccc(F)c1. The lowest BCUT2D eigenvalue weighted by Gasteiger charge is -1.90. The molecule has 0 spiro atoms. The number of para-hydroxylation sites is 1. The maximum Gasteiger partial charge on any atom is 0.252 e. The molecule has 2 aromatic carbocycles. The van der Waals surface area contributed by atoms with Crippen LogP contribution >= 0.6 is 11.6 Å². The molecule has 0 aromatic heterocycles. The summed E-state index contributed by atoms with van der Waals surface area (Å²) < 4.78 is 12.3. The highest BCUT2D eigenvalue weighted by Crippen LogP contribution is 2.05. The van der Waals surface area contributed by atoms with Crippen molar-refractivity contribution in [1.82, 2.24) is 0 Å². The van der Waals surface area contributed by atoms with Crippen LogP contribution < -0.4 is 5.73 Å². The molecule has 2 rings (SSSR count). The van der Waals surface area contributed by atoms with E-state index in [1.165, 1.54) is 18.2 Å². The highest BCUT2D eigenvalue weighted by molar-refractivity contribution is 6.67. The molecule has 88 valence electrons. The summed E-state index contributed by atoms with van der Waals surface area (Å²) in [6, 6.07) is 14.7. The van der Waals surface area contributed by atoms with Gasteiger partial charge in [-0.3, -0.25) is 4.79 Å². The molecule has 0 saturated heterocycles. The fourth-order valence-corrected chi connectivity index (χ4v) is 1.18. The maximum atomic E-state index is 12.3. The highest BCUT2D eigenvalue weighted by atomic mass is 35.5. The lowest BCUT2D eigenvalue weighted by atomic mass is 10.2. The fourth-order valence-electron chi connectivity index (χ4n) is 1.06. The van der Waals surface area contributed by atoms with Gasteiger partial charge in [0.05, 0.1) is 0 Å². The number of hydrogen-bond donors (Lipinski definition) is 1. The lowest BCUT2D eigenvalue weighted by molar-refractivity contribution is 0.108. The molecule has 17 heavy (non-hydrogen) atoms. The van der Waals surface area contributed by atoms with Crippen LogP contribution in [-0.4, -0.2) is 5.24 Å². The Morgan fingerprint density at radius 2 is 1.71 bits per heavy atom. The molecule has 0 atom stereocenters. The zero-order valence-corrected chi connectivity index (χ0v) is 9.69. The third-order valence-electron chi connectivity index (χ3n) is 1.85. The molecule has 0 aliphatic carbocycles. The number of carbonyl (C=O) groups excluding carboxylic acids is 1. The molecule has 2 nitrogen and oxygen atoms in total. The first kappa shape index (κ1) is 13.2. The standard InChI is InChI=1S/C7H4ClFO.C6H7N/c8-7(10)5-2-1-3-6(9)4-5;7-6-4-2-1-3-5-6/h1-4H;1-5H,7H2. The van der Waals surface area contributed by atoms with Crippen molar-refractivity contribution in [3.63, 3.8) is 0 Å². The van der Waals surface area contributed by atoms with Crippen LogP contribution in [0.15, 0.2) is 54.6 Å². The molecule has 2 aromatic rings. The molecule has 0 aliphatic heterocycles. The number of nitrogen functional groups attached to an aromatic ring is 1. The number of anilines is 1. The van der Waals surface area contributed by atoms with Crippen molar-refractivity contribution in [2.45, 2.75) is 0 Å². The van der Waals surface area contributed by atoms with Crippen molar-refractivity contribution in [1.29, 1.82) is 0 Å². The van der Waals surface area contributed by atoms with Crippen molar-refractivity contribution in [3.05, 3.63) is 66.0 Å². The van der Waals surface area contributed by atoms with E-state index in [4.69, 9.17) is 17.3 Å². The van der Waals surface area contributed by atoms with Gasteiger partial charge in [-0.05, 0) is 41.9 Å². The van der Waals surface area contributed by atoms with Gasteiger partial charge in [-0.2, -0.15) is 0 Å². The van der Waals surface area contributed by atoms with E-state index in [0.29, 0.717) is 0 Å². The molecule has 0 unspecified atom stereocenters. The van der Waals surface area contributed by atoms with Gasteiger partial charge in [0.25, 0.3) is 5.24 Å². The van der Waals surface area contributed by atoms with E-state index in [1.807, 2.05) is 30.3 Å². The molecule has 0 aliphatic rings. The van der Waals surface area contributed by atoms with Crippen molar-refractivity contribution >= 4 is 22.5 Å². The number of hydrogen-bond acceptors (Lipinski definition) is 2. The van der Waals surface area contributed by atoms with Crippen LogP contribution in [0.5, 0.6) is 0 Å². The zero-order valence-electron chi connectivity index (χ0n) is 8.94. The third kappa shape index (κ3) is 5.13. The van der Waals surface area contributed by atoms with Crippen molar-refractivity contribution < 1.29 is 9.18 Å². The second kappa shape index (κ2) is 6.66. The maximum absolute atomic E-state index is 12.3. The molecule has 0 bridgehead atoms. The Labute approximate surface area is 104 Å². The number of nitrogens with two attached hydrogens (primary N) is 1. The minimum absolute atomic E-state index is 0.182. The number of halogens is 2. The number of benzene rings is 2. The Hall–Kier alpha value is -1.87. The molecule has 0 radical (unpaired) electrons. The first-order valence-electron chi connectivity index (χ1n) is 4.85. The smallest absolute Gasteiger partial charge is 0.252 e. The molecular formula is C13H11ClFNO. The first-order valence-corrected chi connectivity index (χ1v) is 5.23. The quantitative estimate of drug-likeness (QED) is 0.623. The number of carbonyl (C=O) groups is 1. The van der Waals surface area contributed by atoms with E-state index in [9.17, 15) is 9.18 Å². The van der Waals surface area contributed by atoms with Gasteiger partial charge < -0.3 is 5.73 Å². The summed E-state index contributed by atoms with van der Waals surface area (Å²) >= 11 is 5.07. The van der Waals surface area contributed by atoms with Crippen molar-refractivity contribution in [3.8, 4) is 0 Å². The van der Waals surface area contributed by atoms with Gasteiger partial charge in [0.15, 0.2) is 0 Å². The lowest BCUT2D eigenvalue weighted by Crippen LogP contribution is -1.87. The average molecular weight is 252 g/mol. The molecule has 2 N–H and O–H groups in total. The van der Waals surface area contributed by atoms with Gasteiger partial charge in [-0.25, -0.2) is 4.39 Å². The first-order chi connectivity index (χ1) is 8.09. The van der Waals surface area contributed by atoms with E-state index in [0.717, 1.165) is 11.8 Å². The molecule has 0 fully saturated rings. The van der Waals surface area contributed by atoms with Crippen LogP contribution in [0.4, 0.5) is 10.1 Å². The molecular weight excluding hydrogens is 241 g/mol. The highest BCUT2D eigenvalue weighted by Gasteiger charge is 2.00. The fraction of sp³-hybridized carbons (Fsp3) is 0. The Kier molecular flexibility index (Phi) is 5.17. The monoisotopic (exact) mass is 251 g/mol. The predicted molar refractivity (Wildman–Crippen MR) is 67.4 cm³/mol. The summed E-state index contributed by atoms with van der Waals surface area (Å²) in [4.78, 5) is 10.4. The number of rotatable bonds is 1. The summed E-state index contributed by atoms with van der Waals surface area (Å²) in [6.07, 6.45) is 0. The Balaban J connectivity index is 0.000000181. The van der Waals surface area contributed by atoms with Crippen LogP contribution in [0.25, 0.3) is 0 Å². The van der Waals surface area contributed by atoms with E-state index >= 15 is 0 Å². The van der Waals surface area contributed by atoms with E-state index in [2.05, 4.69) is 0 Å². The molecule has 0 saturated carbocycles. The Morgan fingerprint density at radius 3 is 2.06 bits per heavy atom. The van der Waals surface area contributed by atoms with Gasteiger partial charge in [0.2, 0.25) is 0 Å². The van der Waals surface area contributed by atoms with Gasteiger partial charge in [-0.1, -0.05) is 24.3 Å². The summed E-state index contributed by atoms with van der Waals surface area (Å²) in [5.74, 6) is -0.452. The molecule has 4 heteroatoms. The minimum Gasteiger partial charge on any atom is -0.399 e. The van der Waals surface area contributed by atoms with Gasteiger partial charge in [-0.15, -0.1) is 0 Å². The van der Waals surface area contributed by atoms with Crippen LogP contribution in [0, 0.1) is 5.82 Å². The summed E-state index contributed by atoms with van der Waals surface area (Å²) in [6.45, 7) is 0. The van der Waals surface area contributed by atoms with E-state index in [-0.39, 0.29) is 5.56 Å². The minimum atomic E-state index is -0.639.